The van der Waals surface area contributed by atoms with Crippen molar-refractivity contribution in [1.82, 2.24) is 9.97 Å². The molecule has 0 aliphatic carbocycles. The smallest absolute Gasteiger partial charge is 0.156 e. The maximum absolute atomic E-state index is 6.40. The Bertz CT molecular complexity index is 662. The van der Waals surface area contributed by atoms with Gasteiger partial charge in [0, 0.05) is 22.5 Å². The van der Waals surface area contributed by atoms with E-state index in [0.717, 1.165) is 33.7 Å². The van der Waals surface area contributed by atoms with Gasteiger partial charge in [0.15, 0.2) is 5.82 Å². The molecule has 1 aliphatic heterocycles. The molecule has 1 atom stereocenters. The topological polar surface area (TPSA) is 55.0 Å². The van der Waals surface area contributed by atoms with E-state index in [1.54, 1.807) is 18.1 Å². The molecule has 1 unspecified atom stereocenters. The number of anilines is 2. The molecule has 0 radical (unpaired) electrons. The number of rotatable bonds is 4. The average Bonchev–Trinajstić information content (AvgIpc) is 2.59. The molecular weight excluding hydrogens is 328 g/mol. The molecule has 2 aromatic rings. The van der Waals surface area contributed by atoms with Crippen LogP contribution in [0.5, 0.6) is 0 Å². The van der Waals surface area contributed by atoms with Crippen LogP contribution in [0.15, 0.2) is 40.5 Å². The zero-order valence-corrected chi connectivity index (χ0v) is 14.8. The third kappa shape index (κ3) is 3.72. The van der Waals surface area contributed by atoms with Gasteiger partial charge in [-0.3, -0.25) is 0 Å². The van der Waals surface area contributed by atoms with Crippen molar-refractivity contribution in [2.24, 2.45) is 0 Å². The van der Waals surface area contributed by atoms with Crippen molar-refractivity contribution in [3.8, 4) is 0 Å². The van der Waals surface area contributed by atoms with Crippen molar-refractivity contribution >= 4 is 34.9 Å². The molecule has 23 heavy (non-hydrogen) atoms. The molecule has 122 valence electrons. The van der Waals surface area contributed by atoms with Crippen LogP contribution in [-0.2, 0) is 0 Å². The molecule has 0 spiro atoms. The highest BCUT2D eigenvalue weighted by Crippen LogP contribution is 2.36. The van der Waals surface area contributed by atoms with Gasteiger partial charge in [-0.1, -0.05) is 30.3 Å². The van der Waals surface area contributed by atoms with Crippen molar-refractivity contribution < 1.29 is 0 Å². The van der Waals surface area contributed by atoms with E-state index >= 15 is 0 Å². The summed E-state index contributed by atoms with van der Waals surface area (Å²) in [5.74, 6) is 0.878. The molecule has 1 aromatic heterocycles. The first-order chi connectivity index (χ1) is 11.2. The highest BCUT2D eigenvalue weighted by Gasteiger charge is 2.25. The first kappa shape index (κ1) is 16.4. The van der Waals surface area contributed by atoms with E-state index in [1.165, 1.54) is 19.3 Å². The molecule has 0 saturated carbocycles. The Kier molecular flexibility index (Phi) is 5.28. The summed E-state index contributed by atoms with van der Waals surface area (Å²) in [6.45, 7) is 3.24. The highest BCUT2D eigenvalue weighted by molar-refractivity contribution is 7.99. The van der Waals surface area contributed by atoms with Crippen LogP contribution < -0.4 is 10.6 Å². The minimum Gasteiger partial charge on any atom is -0.394 e. The van der Waals surface area contributed by atoms with Crippen LogP contribution >= 0.6 is 23.4 Å². The van der Waals surface area contributed by atoms with E-state index in [1.807, 2.05) is 24.3 Å². The summed E-state index contributed by atoms with van der Waals surface area (Å²) in [7, 11) is 0. The normalized spacial score (nSPS) is 18.2. The quantitative estimate of drug-likeness (QED) is 0.816. The molecular formula is C17H21ClN4S. The zero-order chi connectivity index (χ0) is 16.2. The van der Waals surface area contributed by atoms with E-state index in [2.05, 4.69) is 21.8 Å². The van der Waals surface area contributed by atoms with E-state index in [4.69, 9.17) is 17.3 Å². The van der Waals surface area contributed by atoms with Crippen molar-refractivity contribution in [2.45, 2.75) is 48.6 Å². The Morgan fingerprint density at radius 1 is 1.26 bits per heavy atom. The molecule has 4 nitrogen and oxygen atoms in total. The number of nitrogen functional groups attached to an aromatic ring is 1. The number of hydrogen-bond acceptors (Lipinski definition) is 5. The van der Waals surface area contributed by atoms with Crippen molar-refractivity contribution in [3.63, 3.8) is 0 Å². The van der Waals surface area contributed by atoms with Crippen molar-refractivity contribution in [3.05, 3.63) is 35.6 Å². The van der Waals surface area contributed by atoms with Crippen LogP contribution in [-0.4, -0.2) is 22.6 Å². The first-order valence-corrected chi connectivity index (χ1v) is 9.19. The van der Waals surface area contributed by atoms with E-state index in [9.17, 15) is 0 Å². The predicted molar refractivity (Wildman–Crippen MR) is 97.3 cm³/mol. The standard InChI is InChI=1S/C17H21ClN4S/c1-2-13-5-3-4-10-22(13)16-15(19)17(21-11-20-16)23-14-8-6-12(18)7-9-14/h6-9,11,13H,2-5,10,19H2,1H3. The SMILES string of the molecule is CCC1CCCCN1c1ncnc(Sc2ccc(Cl)cc2)c1N. The van der Waals surface area contributed by atoms with E-state index < -0.39 is 0 Å². The summed E-state index contributed by atoms with van der Waals surface area (Å²) in [6, 6.07) is 8.22. The monoisotopic (exact) mass is 348 g/mol. The lowest BCUT2D eigenvalue weighted by molar-refractivity contribution is 0.447. The lowest BCUT2D eigenvalue weighted by atomic mass is 10.00. The minimum atomic E-state index is 0.523. The maximum Gasteiger partial charge on any atom is 0.156 e. The van der Waals surface area contributed by atoms with Gasteiger partial charge in [-0.15, -0.1) is 0 Å². The fourth-order valence-corrected chi connectivity index (χ4v) is 3.92. The van der Waals surface area contributed by atoms with Gasteiger partial charge in [0.2, 0.25) is 0 Å². The number of nitrogens with two attached hydrogens (primary N) is 1. The molecule has 1 aromatic carbocycles. The van der Waals surface area contributed by atoms with Crippen LogP contribution in [0.3, 0.4) is 0 Å². The zero-order valence-electron chi connectivity index (χ0n) is 13.2. The number of piperidine rings is 1. The third-order valence-corrected chi connectivity index (χ3v) is 5.50. The number of halogens is 1. The van der Waals surface area contributed by atoms with E-state index in [-0.39, 0.29) is 0 Å². The van der Waals surface area contributed by atoms with Crippen LogP contribution in [0, 0.1) is 0 Å². The van der Waals surface area contributed by atoms with Gasteiger partial charge >= 0.3 is 0 Å². The summed E-state index contributed by atoms with van der Waals surface area (Å²) in [4.78, 5) is 12.3. The summed E-state index contributed by atoms with van der Waals surface area (Å²) in [6.07, 6.45) is 6.42. The first-order valence-electron chi connectivity index (χ1n) is 7.99. The second kappa shape index (κ2) is 7.41. The second-order valence-corrected chi connectivity index (χ2v) is 7.22. The fraction of sp³-hybridized carbons (Fsp3) is 0.412. The summed E-state index contributed by atoms with van der Waals surface area (Å²) < 4.78 is 0. The molecule has 1 aliphatic rings. The third-order valence-electron chi connectivity index (χ3n) is 4.22. The lowest BCUT2D eigenvalue weighted by Crippen LogP contribution is -2.40. The lowest BCUT2D eigenvalue weighted by Gasteiger charge is -2.36. The van der Waals surface area contributed by atoms with Crippen LogP contribution in [0.4, 0.5) is 11.5 Å². The average molecular weight is 349 g/mol. The van der Waals surface area contributed by atoms with Gasteiger partial charge in [0.25, 0.3) is 0 Å². The molecule has 0 bridgehead atoms. The summed E-state index contributed by atoms with van der Waals surface area (Å²) in [5, 5.41) is 1.53. The van der Waals surface area contributed by atoms with Gasteiger partial charge in [-0.05, 0) is 49.9 Å². The van der Waals surface area contributed by atoms with Crippen LogP contribution in [0.25, 0.3) is 0 Å². The summed E-state index contributed by atoms with van der Waals surface area (Å²) in [5.41, 5.74) is 7.07. The molecule has 6 heteroatoms. The van der Waals surface area contributed by atoms with Gasteiger partial charge in [0.1, 0.15) is 17.0 Å². The number of aromatic nitrogens is 2. The Hall–Kier alpha value is -1.46. The molecule has 2 heterocycles. The molecule has 2 N–H and O–H groups in total. The maximum atomic E-state index is 6.40. The van der Waals surface area contributed by atoms with Crippen LogP contribution in [0.1, 0.15) is 32.6 Å². The number of benzene rings is 1. The van der Waals surface area contributed by atoms with Gasteiger partial charge in [-0.25, -0.2) is 9.97 Å². The molecule has 0 amide bonds. The molecule has 3 rings (SSSR count). The minimum absolute atomic E-state index is 0.523. The predicted octanol–water partition coefficient (Wildman–Crippen LogP) is 4.63. The summed E-state index contributed by atoms with van der Waals surface area (Å²) >= 11 is 7.49. The van der Waals surface area contributed by atoms with Gasteiger partial charge in [0.05, 0.1) is 0 Å². The van der Waals surface area contributed by atoms with Gasteiger partial charge in [-0.2, -0.15) is 0 Å². The molecule has 1 fully saturated rings. The Labute approximate surface area is 146 Å². The fourth-order valence-electron chi connectivity index (χ4n) is 3.00. The highest BCUT2D eigenvalue weighted by atomic mass is 35.5. The van der Waals surface area contributed by atoms with Gasteiger partial charge < -0.3 is 10.6 Å². The van der Waals surface area contributed by atoms with E-state index in [0.29, 0.717) is 11.7 Å². The van der Waals surface area contributed by atoms with Crippen molar-refractivity contribution in [2.75, 3.05) is 17.2 Å². The van der Waals surface area contributed by atoms with Crippen LogP contribution in [0.2, 0.25) is 5.02 Å². The Balaban J connectivity index is 1.87. The second-order valence-electron chi connectivity index (χ2n) is 5.72. The number of hydrogen-bond donors (Lipinski definition) is 1. The number of nitrogens with zero attached hydrogens (tertiary/aromatic N) is 3. The Morgan fingerprint density at radius 2 is 2.04 bits per heavy atom. The largest absolute Gasteiger partial charge is 0.394 e. The molecule has 1 saturated heterocycles. The Morgan fingerprint density at radius 3 is 2.78 bits per heavy atom. The van der Waals surface area contributed by atoms with Crippen molar-refractivity contribution in [1.29, 1.82) is 0 Å².